The maximum Gasteiger partial charge on any atom is 0.261 e. The summed E-state index contributed by atoms with van der Waals surface area (Å²) in [5.41, 5.74) is 0. The van der Waals surface area contributed by atoms with Gasteiger partial charge in [-0.3, -0.25) is 4.79 Å². The summed E-state index contributed by atoms with van der Waals surface area (Å²) in [6.07, 6.45) is 0. The minimum absolute atomic E-state index is 0.0237. The Kier molecular flexibility index (Phi) is 3.54. The minimum atomic E-state index is -0.283. The van der Waals surface area contributed by atoms with Crippen LogP contribution in [0.25, 0.3) is 10.1 Å². The lowest BCUT2D eigenvalue weighted by Crippen LogP contribution is -2.25. The number of thiophene rings is 2. The second kappa shape index (κ2) is 5.34. The molecule has 0 bridgehead atoms. The van der Waals surface area contributed by atoms with E-state index in [9.17, 15) is 9.18 Å². The predicted octanol–water partition coefficient (Wildman–Crippen LogP) is 4.59. The fourth-order valence-electron chi connectivity index (χ4n) is 2.00. The summed E-state index contributed by atoms with van der Waals surface area (Å²) in [6, 6.07) is 10.2. The Hall–Kier alpha value is -1.72. The van der Waals surface area contributed by atoms with Crippen molar-refractivity contribution in [3.8, 4) is 0 Å². The van der Waals surface area contributed by atoms with Crippen molar-refractivity contribution in [2.75, 3.05) is 0 Å². The predicted molar refractivity (Wildman–Crippen MR) is 82.0 cm³/mol. The first-order chi connectivity index (χ1) is 9.63. The minimum Gasteiger partial charge on any atom is -0.344 e. The zero-order valence-corrected chi connectivity index (χ0v) is 12.4. The first-order valence-electron chi connectivity index (χ1n) is 6.17. The number of rotatable bonds is 3. The van der Waals surface area contributed by atoms with E-state index in [4.69, 9.17) is 0 Å². The summed E-state index contributed by atoms with van der Waals surface area (Å²) in [4.78, 5) is 13.9. The number of amides is 1. The third kappa shape index (κ3) is 2.59. The van der Waals surface area contributed by atoms with Crippen LogP contribution in [0.2, 0.25) is 0 Å². The third-order valence-electron chi connectivity index (χ3n) is 3.02. The van der Waals surface area contributed by atoms with Gasteiger partial charge in [0.05, 0.1) is 10.9 Å². The highest BCUT2D eigenvalue weighted by Gasteiger charge is 2.14. The molecule has 1 atom stereocenters. The monoisotopic (exact) mass is 305 g/mol. The zero-order valence-electron chi connectivity index (χ0n) is 10.7. The van der Waals surface area contributed by atoms with Crippen LogP contribution in [0.1, 0.15) is 27.5 Å². The molecule has 2 nitrogen and oxygen atoms in total. The van der Waals surface area contributed by atoms with Crippen LogP contribution in [0.5, 0.6) is 0 Å². The Bertz CT molecular complexity index is 748. The van der Waals surface area contributed by atoms with Crippen molar-refractivity contribution in [1.82, 2.24) is 5.32 Å². The molecule has 0 radical (unpaired) electrons. The maximum atomic E-state index is 13.1. The lowest BCUT2D eigenvalue weighted by molar-refractivity contribution is 0.0944. The fourth-order valence-corrected chi connectivity index (χ4v) is 3.68. The molecule has 102 valence electrons. The van der Waals surface area contributed by atoms with Crippen LogP contribution in [-0.4, -0.2) is 5.91 Å². The van der Waals surface area contributed by atoms with Crippen molar-refractivity contribution in [2.24, 2.45) is 0 Å². The Labute approximate surface area is 123 Å². The number of hydrogen-bond donors (Lipinski definition) is 1. The van der Waals surface area contributed by atoms with Crippen LogP contribution in [0.15, 0.2) is 41.8 Å². The molecule has 0 fully saturated rings. The van der Waals surface area contributed by atoms with Gasteiger partial charge in [-0.05, 0) is 48.0 Å². The molecule has 0 aliphatic carbocycles. The van der Waals surface area contributed by atoms with Crippen LogP contribution in [-0.2, 0) is 0 Å². The molecular weight excluding hydrogens is 293 g/mol. The Morgan fingerprint density at radius 3 is 2.90 bits per heavy atom. The van der Waals surface area contributed by atoms with Gasteiger partial charge in [-0.15, -0.1) is 22.7 Å². The summed E-state index contributed by atoms with van der Waals surface area (Å²) in [5.74, 6) is -0.401. The molecule has 1 amide bonds. The van der Waals surface area contributed by atoms with E-state index in [0.717, 1.165) is 15.0 Å². The number of carbonyl (C=O) groups is 1. The number of nitrogens with one attached hydrogen (secondary N) is 1. The van der Waals surface area contributed by atoms with Gasteiger partial charge in [0, 0.05) is 9.58 Å². The van der Waals surface area contributed by atoms with E-state index in [1.807, 2.05) is 24.4 Å². The molecule has 0 aliphatic rings. The number of carbonyl (C=O) groups excluding carboxylic acids is 1. The Balaban J connectivity index is 1.82. The molecule has 20 heavy (non-hydrogen) atoms. The summed E-state index contributed by atoms with van der Waals surface area (Å²) in [7, 11) is 0. The topological polar surface area (TPSA) is 29.1 Å². The standard InChI is InChI=1S/C15H12FNOS2/c1-9(12-3-2-6-19-12)17-15(18)14-8-10-7-11(16)4-5-13(10)20-14/h2-9H,1H3,(H,17,18). The average Bonchev–Trinajstić information content (AvgIpc) is 3.07. The first-order valence-corrected chi connectivity index (χ1v) is 7.86. The second-order valence-electron chi connectivity index (χ2n) is 4.50. The van der Waals surface area contributed by atoms with E-state index in [0.29, 0.717) is 4.88 Å². The van der Waals surface area contributed by atoms with Crippen LogP contribution in [0, 0.1) is 5.82 Å². The van der Waals surface area contributed by atoms with E-state index < -0.39 is 0 Å². The van der Waals surface area contributed by atoms with E-state index in [-0.39, 0.29) is 17.8 Å². The molecule has 1 aromatic carbocycles. The molecule has 1 unspecified atom stereocenters. The number of benzene rings is 1. The zero-order chi connectivity index (χ0) is 14.1. The van der Waals surface area contributed by atoms with Gasteiger partial charge in [0.1, 0.15) is 5.82 Å². The van der Waals surface area contributed by atoms with Gasteiger partial charge in [-0.1, -0.05) is 6.07 Å². The van der Waals surface area contributed by atoms with Crippen molar-refractivity contribution in [3.05, 3.63) is 57.3 Å². The smallest absolute Gasteiger partial charge is 0.261 e. The highest BCUT2D eigenvalue weighted by atomic mass is 32.1. The van der Waals surface area contributed by atoms with Gasteiger partial charge < -0.3 is 5.32 Å². The number of halogens is 1. The van der Waals surface area contributed by atoms with Crippen LogP contribution < -0.4 is 5.32 Å². The van der Waals surface area contributed by atoms with E-state index in [1.165, 1.54) is 23.5 Å². The van der Waals surface area contributed by atoms with Crippen molar-refractivity contribution >= 4 is 38.7 Å². The molecule has 2 heterocycles. The first kappa shape index (κ1) is 13.3. The summed E-state index contributed by atoms with van der Waals surface area (Å²) in [5, 5.41) is 5.72. The molecular formula is C15H12FNOS2. The van der Waals surface area contributed by atoms with Crippen molar-refractivity contribution in [1.29, 1.82) is 0 Å². The number of hydrogen-bond acceptors (Lipinski definition) is 3. The SMILES string of the molecule is CC(NC(=O)c1cc2cc(F)ccc2s1)c1cccs1. The lowest BCUT2D eigenvalue weighted by Gasteiger charge is -2.10. The molecule has 1 N–H and O–H groups in total. The number of fused-ring (bicyclic) bond motifs is 1. The molecule has 5 heteroatoms. The van der Waals surface area contributed by atoms with E-state index >= 15 is 0 Å². The largest absolute Gasteiger partial charge is 0.344 e. The second-order valence-corrected chi connectivity index (χ2v) is 6.57. The van der Waals surface area contributed by atoms with Crippen LogP contribution in [0.3, 0.4) is 0 Å². The quantitative estimate of drug-likeness (QED) is 0.753. The summed E-state index contributed by atoms with van der Waals surface area (Å²) < 4.78 is 14.1. The fraction of sp³-hybridized carbons (Fsp3) is 0.133. The van der Waals surface area contributed by atoms with Gasteiger partial charge in [0.15, 0.2) is 0 Å². The molecule has 3 rings (SSSR count). The van der Waals surface area contributed by atoms with Crippen molar-refractivity contribution in [3.63, 3.8) is 0 Å². The highest BCUT2D eigenvalue weighted by molar-refractivity contribution is 7.20. The molecule has 0 saturated carbocycles. The maximum absolute atomic E-state index is 13.1. The molecule has 3 aromatic rings. The molecule has 0 saturated heterocycles. The lowest BCUT2D eigenvalue weighted by atomic mass is 10.2. The highest BCUT2D eigenvalue weighted by Crippen LogP contribution is 2.27. The molecule has 0 aliphatic heterocycles. The summed E-state index contributed by atoms with van der Waals surface area (Å²) in [6.45, 7) is 1.96. The van der Waals surface area contributed by atoms with E-state index in [1.54, 1.807) is 23.5 Å². The molecule has 2 aromatic heterocycles. The average molecular weight is 305 g/mol. The van der Waals surface area contributed by atoms with Gasteiger partial charge in [0.2, 0.25) is 0 Å². The van der Waals surface area contributed by atoms with Gasteiger partial charge in [-0.2, -0.15) is 0 Å². The van der Waals surface area contributed by atoms with Crippen molar-refractivity contribution < 1.29 is 9.18 Å². The van der Waals surface area contributed by atoms with E-state index in [2.05, 4.69) is 5.32 Å². The normalized spacial score (nSPS) is 12.5. The Morgan fingerprint density at radius 1 is 1.30 bits per heavy atom. The van der Waals surface area contributed by atoms with Crippen molar-refractivity contribution in [2.45, 2.75) is 13.0 Å². The summed E-state index contributed by atoms with van der Waals surface area (Å²) >= 11 is 2.99. The third-order valence-corrected chi connectivity index (χ3v) is 5.19. The van der Waals surface area contributed by atoms with Crippen LogP contribution >= 0.6 is 22.7 Å². The van der Waals surface area contributed by atoms with Crippen LogP contribution in [0.4, 0.5) is 4.39 Å². The molecule has 0 spiro atoms. The Morgan fingerprint density at radius 2 is 2.15 bits per heavy atom. The van der Waals surface area contributed by atoms with Gasteiger partial charge >= 0.3 is 0 Å². The van der Waals surface area contributed by atoms with Gasteiger partial charge in [0.25, 0.3) is 5.91 Å². The van der Waals surface area contributed by atoms with Gasteiger partial charge in [-0.25, -0.2) is 4.39 Å².